The molecule has 0 bridgehead atoms. The summed E-state index contributed by atoms with van der Waals surface area (Å²) >= 11 is 0. The fourth-order valence-corrected chi connectivity index (χ4v) is 2.10. The zero-order valence-electron chi connectivity index (χ0n) is 8.42. The van der Waals surface area contributed by atoms with Gasteiger partial charge in [0.05, 0.1) is 20.1 Å². The van der Waals surface area contributed by atoms with E-state index in [1.165, 1.54) is 0 Å². The molecule has 0 saturated carbocycles. The Bertz CT molecular complexity index is 188. The van der Waals surface area contributed by atoms with Crippen molar-refractivity contribution < 1.29 is 14.4 Å². The molecule has 0 aromatic carbocycles. The number of hydrogen-bond acceptors (Lipinski definition) is 2. The predicted octanol–water partition coefficient (Wildman–Crippen LogP) is -0.101. The summed E-state index contributed by atoms with van der Waals surface area (Å²) in [7, 11) is 2.04. The van der Waals surface area contributed by atoms with Crippen molar-refractivity contribution in [2.45, 2.75) is 19.4 Å². The molecule has 0 radical (unpaired) electrons. The maximum atomic E-state index is 11.0. The standard InChI is InChI=1S/C9H18N2O2/c1-3-8(9(12)13)11(2)6-4-10-5-7-11/h8,10H,3-7H2,1-2H3/p+1. The Morgan fingerprint density at radius 3 is 2.46 bits per heavy atom. The minimum Gasteiger partial charge on any atom is -0.477 e. The van der Waals surface area contributed by atoms with Gasteiger partial charge in [0, 0.05) is 19.5 Å². The lowest BCUT2D eigenvalue weighted by molar-refractivity contribution is -0.926. The van der Waals surface area contributed by atoms with Crippen LogP contribution in [0.25, 0.3) is 0 Å². The molecular formula is C9H19N2O2+. The maximum Gasteiger partial charge on any atom is 0.362 e. The molecule has 4 heteroatoms. The quantitative estimate of drug-likeness (QED) is 0.607. The van der Waals surface area contributed by atoms with Crippen molar-refractivity contribution >= 4 is 5.97 Å². The van der Waals surface area contributed by atoms with Gasteiger partial charge >= 0.3 is 5.97 Å². The van der Waals surface area contributed by atoms with Crippen LogP contribution in [-0.2, 0) is 4.79 Å². The topological polar surface area (TPSA) is 49.3 Å². The molecular weight excluding hydrogens is 168 g/mol. The number of rotatable bonds is 3. The number of carboxylic acids is 1. The Balaban J connectivity index is 2.68. The van der Waals surface area contributed by atoms with Crippen LogP contribution in [0.3, 0.4) is 0 Å². The number of carboxylic acid groups (broad SMARTS) is 1. The van der Waals surface area contributed by atoms with E-state index in [4.69, 9.17) is 5.11 Å². The van der Waals surface area contributed by atoms with Gasteiger partial charge in [-0.25, -0.2) is 4.79 Å². The zero-order valence-corrected chi connectivity index (χ0v) is 8.42. The summed E-state index contributed by atoms with van der Waals surface area (Å²) in [5.74, 6) is -0.660. The molecule has 1 atom stereocenters. The molecule has 0 aliphatic carbocycles. The first-order chi connectivity index (χ1) is 6.10. The SMILES string of the molecule is CCC(C(=O)O)[N+]1(C)CCNCC1. The maximum absolute atomic E-state index is 11.0. The molecule has 0 spiro atoms. The normalized spacial score (nSPS) is 23.8. The van der Waals surface area contributed by atoms with E-state index in [1.54, 1.807) is 0 Å². The number of nitrogens with one attached hydrogen (secondary N) is 1. The number of hydrogen-bond donors (Lipinski definition) is 2. The first-order valence-corrected chi connectivity index (χ1v) is 4.88. The smallest absolute Gasteiger partial charge is 0.362 e. The van der Waals surface area contributed by atoms with Gasteiger partial charge in [0.15, 0.2) is 6.04 Å². The van der Waals surface area contributed by atoms with E-state index in [0.717, 1.165) is 26.2 Å². The fourth-order valence-electron chi connectivity index (χ4n) is 2.10. The van der Waals surface area contributed by atoms with Crippen LogP contribution in [0, 0.1) is 0 Å². The van der Waals surface area contributed by atoms with Gasteiger partial charge in [-0.15, -0.1) is 0 Å². The lowest BCUT2D eigenvalue weighted by atomic mass is 10.1. The van der Waals surface area contributed by atoms with Crippen LogP contribution in [0.5, 0.6) is 0 Å². The van der Waals surface area contributed by atoms with Crippen LogP contribution in [0.4, 0.5) is 0 Å². The number of nitrogens with zero attached hydrogens (tertiary/aromatic N) is 1. The average molecular weight is 187 g/mol. The van der Waals surface area contributed by atoms with E-state index in [1.807, 2.05) is 14.0 Å². The highest BCUT2D eigenvalue weighted by Gasteiger charge is 2.37. The van der Waals surface area contributed by atoms with E-state index in [2.05, 4.69) is 5.32 Å². The summed E-state index contributed by atoms with van der Waals surface area (Å²) < 4.78 is 0.679. The van der Waals surface area contributed by atoms with Gasteiger partial charge in [0.1, 0.15) is 0 Å². The molecule has 1 fully saturated rings. The molecule has 0 aromatic heterocycles. The number of aliphatic carboxylic acids is 1. The van der Waals surface area contributed by atoms with Gasteiger partial charge < -0.3 is 14.9 Å². The van der Waals surface area contributed by atoms with Crippen LogP contribution in [-0.4, -0.2) is 54.8 Å². The number of piperazine rings is 1. The summed E-state index contributed by atoms with van der Waals surface area (Å²) in [5.41, 5.74) is 0. The highest BCUT2D eigenvalue weighted by atomic mass is 16.4. The fraction of sp³-hybridized carbons (Fsp3) is 0.889. The van der Waals surface area contributed by atoms with Crippen LogP contribution in [0.15, 0.2) is 0 Å². The number of likely N-dealkylation sites (N-methyl/N-ethyl adjacent to an activating group) is 1. The molecule has 4 nitrogen and oxygen atoms in total. The largest absolute Gasteiger partial charge is 0.477 e. The highest BCUT2D eigenvalue weighted by molar-refractivity contribution is 5.72. The van der Waals surface area contributed by atoms with Gasteiger partial charge in [-0.05, 0) is 0 Å². The van der Waals surface area contributed by atoms with Gasteiger partial charge in [-0.1, -0.05) is 6.92 Å². The van der Waals surface area contributed by atoms with Crippen LogP contribution in [0.1, 0.15) is 13.3 Å². The second-order valence-electron chi connectivity index (χ2n) is 3.94. The van der Waals surface area contributed by atoms with E-state index < -0.39 is 5.97 Å². The minimum atomic E-state index is -0.660. The van der Waals surface area contributed by atoms with Crippen LogP contribution in [0.2, 0.25) is 0 Å². The average Bonchev–Trinajstić information content (AvgIpc) is 2.05. The third kappa shape index (κ3) is 2.19. The first-order valence-electron chi connectivity index (χ1n) is 4.88. The molecule has 1 saturated heterocycles. The molecule has 76 valence electrons. The van der Waals surface area contributed by atoms with Gasteiger partial charge in [-0.3, -0.25) is 0 Å². The Labute approximate surface area is 79.1 Å². The van der Waals surface area contributed by atoms with E-state index in [-0.39, 0.29) is 6.04 Å². The van der Waals surface area contributed by atoms with Crippen LogP contribution >= 0.6 is 0 Å². The molecule has 1 aliphatic rings. The Kier molecular flexibility index (Phi) is 3.27. The molecule has 13 heavy (non-hydrogen) atoms. The first kappa shape index (κ1) is 10.5. The van der Waals surface area contributed by atoms with Crippen LogP contribution < -0.4 is 5.32 Å². The second-order valence-corrected chi connectivity index (χ2v) is 3.94. The predicted molar refractivity (Wildman–Crippen MR) is 50.5 cm³/mol. The van der Waals surface area contributed by atoms with Gasteiger partial charge in [-0.2, -0.15) is 0 Å². The number of quaternary nitrogens is 1. The van der Waals surface area contributed by atoms with Crippen molar-refractivity contribution in [1.82, 2.24) is 5.32 Å². The second kappa shape index (κ2) is 4.07. The van der Waals surface area contributed by atoms with Crippen molar-refractivity contribution in [2.24, 2.45) is 0 Å². The lowest BCUT2D eigenvalue weighted by Gasteiger charge is -2.42. The zero-order chi connectivity index (χ0) is 9.90. The third-order valence-corrected chi connectivity index (χ3v) is 3.02. The third-order valence-electron chi connectivity index (χ3n) is 3.02. The summed E-state index contributed by atoms with van der Waals surface area (Å²) in [5, 5.41) is 12.3. The van der Waals surface area contributed by atoms with Gasteiger partial charge in [0.25, 0.3) is 0 Å². The summed E-state index contributed by atoms with van der Waals surface area (Å²) in [6.45, 7) is 5.65. The molecule has 1 unspecified atom stereocenters. The summed E-state index contributed by atoms with van der Waals surface area (Å²) in [6.07, 6.45) is 0.714. The van der Waals surface area contributed by atoms with Crippen molar-refractivity contribution in [3.05, 3.63) is 0 Å². The van der Waals surface area contributed by atoms with E-state index in [0.29, 0.717) is 10.9 Å². The molecule has 1 aliphatic heterocycles. The minimum absolute atomic E-state index is 0.234. The van der Waals surface area contributed by atoms with Crippen molar-refractivity contribution in [3.63, 3.8) is 0 Å². The summed E-state index contributed by atoms with van der Waals surface area (Å²) in [4.78, 5) is 11.0. The highest BCUT2D eigenvalue weighted by Crippen LogP contribution is 2.15. The molecule has 0 amide bonds. The molecule has 2 N–H and O–H groups in total. The van der Waals surface area contributed by atoms with Crippen molar-refractivity contribution in [2.75, 3.05) is 33.2 Å². The Morgan fingerprint density at radius 1 is 1.54 bits per heavy atom. The monoisotopic (exact) mass is 187 g/mol. The van der Waals surface area contributed by atoms with Gasteiger partial charge in [0.2, 0.25) is 0 Å². The lowest BCUT2D eigenvalue weighted by Crippen LogP contribution is -2.63. The molecule has 0 aromatic rings. The summed E-state index contributed by atoms with van der Waals surface area (Å²) in [6, 6.07) is -0.234. The number of carbonyl (C=O) groups is 1. The van der Waals surface area contributed by atoms with E-state index in [9.17, 15) is 4.79 Å². The van der Waals surface area contributed by atoms with E-state index >= 15 is 0 Å². The molecule has 1 heterocycles. The Morgan fingerprint density at radius 2 is 2.08 bits per heavy atom. The van der Waals surface area contributed by atoms with Crippen molar-refractivity contribution in [3.8, 4) is 0 Å². The van der Waals surface area contributed by atoms with Crippen molar-refractivity contribution in [1.29, 1.82) is 0 Å². The Hall–Kier alpha value is -0.610. The molecule has 1 rings (SSSR count).